The van der Waals surface area contributed by atoms with E-state index in [-0.39, 0.29) is 17.4 Å². The molecule has 2 heterocycles. The highest BCUT2D eigenvalue weighted by atomic mass is 32.2. The fourth-order valence-electron chi connectivity index (χ4n) is 3.55. The van der Waals surface area contributed by atoms with E-state index in [1.807, 2.05) is 45.9 Å². The summed E-state index contributed by atoms with van der Waals surface area (Å²) in [5.41, 5.74) is 3.80. The number of hydrogen-bond donors (Lipinski definition) is 2. The van der Waals surface area contributed by atoms with Gasteiger partial charge < -0.3 is 5.32 Å². The van der Waals surface area contributed by atoms with Crippen molar-refractivity contribution >= 4 is 45.3 Å². The number of aromatic nitrogens is 2. The second kappa shape index (κ2) is 9.07. The maximum absolute atomic E-state index is 13.6. The zero-order chi connectivity index (χ0) is 23.0. The monoisotopic (exact) mass is 470 g/mol. The van der Waals surface area contributed by atoms with Crippen LogP contribution < -0.4 is 16.2 Å². The largest absolute Gasteiger partial charge is 0.335 e. The normalized spacial score (nSPS) is 13.4. The number of hydrogen-bond acceptors (Lipinski definition) is 6. The summed E-state index contributed by atoms with van der Waals surface area (Å²) in [6.45, 7) is 8.06. The summed E-state index contributed by atoms with van der Waals surface area (Å²) in [5, 5.41) is 6.16. The van der Waals surface area contributed by atoms with Gasteiger partial charge in [-0.25, -0.2) is 9.78 Å². The van der Waals surface area contributed by atoms with Crippen molar-refractivity contribution in [2.45, 2.75) is 58.2 Å². The molecule has 32 heavy (non-hydrogen) atoms. The number of thioether (sulfide) groups is 1. The predicted molar refractivity (Wildman–Crippen MR) is 129 cm³/mol. The topological polar surface area (TPSA) is 93.1 Å². The van der Waals surface area contributed by atoms with Gasteiger partial charge in [-0.3, -0.25) is 19.5 Å². The lowest BCUT2D eigenvalue weighted by molar-refractivity contribution is -0.117. The summed E-state index contributed by atoms with van der Waals surface area (Å²) in [6.07, 6.45) is 2.64. The van der Waals surface area contributed by atoms with Crippen LogP contribution in [0.3, 0.4) is 0 Å². The lowest BCUT2D eigenvalue weighted by Gasteiger charge is -2.14. The first-order valence-corrected chi connectivity index (χ1v) is 12.4. The maximum atomic E-state index is 13.6. The van der Waals surface area contributed by atoms with Crippen molar-refractivity contribution in [3.63, 3.8) is 0 Å². The summed E-state index contributed by atoms with van der Waals surface area (Å²) in [7, 11) is 0. The van der Waals surface area contributed by atoms with Crippen LogP contribution in [0.4, 0.5) is 4.79 Å². The Labute approximate surface area is 194 Å². The van der Waals surface area contributed by atoms with Gasteiger partial charge in [0.1, 0.15) is 4.83 Å². The quantitative estimate of drug-likeness (QED) is 0.419. The number of benzene rings is 1. The number of amides is 3. The van der Waals surface area contributed by atoms with Crippen molar-refractivity contribution in [3.05, 3.63) is 50.1 Å². The predicted octanol–water partition coefficient (Wildman–Crippen LogP) is 4.02. The van der Waals surface area contributed by atoms with Gasteiger partial charge in [-0.15, -0.1) is 11.3 Å². The zero-order valence-corrected chi connectivity index (χ0v) is 20.2. The SMILES string of the molecule is CCc1c(C)sc2nc(SCC(=O)NC(=O)NC3CC3)n(-c3ccc(C)c(C)c3)c(=O)c12. The van der Waals surface area contributed by atoms with E-state index in [1.54, 1.807) is 4.57 Å². The Morgan fingerprint density at radius 2 is 1.97 bits per heavy atom. The number of fused-ring (bicyclic) bond motifs is 1. The molecule has 0 saturated heterocycles. The molecule has 4 rings (SSSR count). The van der Waals surface area contributed by atoms with Crippen molar-refractivity contribution in [1.29, 1.82) is 0 Å². The average molecular weight is 471 g/mol. The van der Waals surface area contributed by atoms with Crippen molar-refractivity contribution in [2.24, 2.45) is 0 Å². The Morgan fingerprint density at radius 3 is 2.62 bits per heavy atom. The second-order valence-electron chi connectivity index (χ2n) is 8.06. The van der Waals surface area contributed by atoms with Gasteiger partial charge in [-0.1, -0.05) is 24.8 Å². The van der Waals surface area contributed by atoms with Gasteiger partial charge in [0.25, 0.3) is 5.56 Å². The molecule has 1 aromatic carbocycles. The highest BCUT2D eigenvalue weighted by Crippen LogP contribution is 2.30. The third-order valence-corrected chi connectivity index (χ3v) is 7.58. The number of nitrogens with one attached hydrogen (secondary N) is 2. The van der Waals surface area contributed by atoms with Gasteiger partial charge >= 0.3 is 6.03 Å². The van der Waals surface area contributed by atoms with Crippen molar-refractivity contribution in [1.82, 2.24) is 20.2 Å². The second-order valence-corrected chi connectivity index (χ2v) is 10.2. The van der Waals surface area contributed by atoms with Gasteiger partial charge in [0.15, 0.2) is 5.16 Å². The fraction of sp³-hybridized carbons (Fsp3) is 0.391. The molecule has 1 aliphatic rings. The number of carbonyl (C=O) groups excluding carboxylic acids is 2. The van der Waals surface area contributed by atoms with Crippen LogP contribution in [0.25, 0.3) is 15.9 Å². The standard InChI is InChI=1S/C23H26N4O3S2/c1-5-17-14(4)32-20-19(17)21(29)27(16-9-6-12(2)13(3)10-16)23(26-20)31-11-18(28)25-22(30)24-15-7-8-15/h6,9-10,15H,5,7-8,11H2,1-4H3,(H2,24,25,28,30). The lowest BCUT2D eigenvalue weighted by Crippen LogP contribution is -2.41. The minimum absolute atomic E-state index is 0.0220. The third kappa shape index (κ3) is 4.59. The van der Waals surface area contributed by atoms with Crippen molar-refractivity contribution < 1.29 is 9.59 Å². The van der Waals surface area contributed by atoms with Gasteiger partial charge in [0, 0.05) is 10.9 Å². The number of aryl methyl sites for hydroxylation is 4. The lowest BCUT2D eigenvalue weighted by atomic mass is 10.1. The first kappa shape index (κ1) is 22.5. The number of thiophene rings is 1. The van der Waals surface area contributed by atoms with Crippen molar-refractivity contribution in [3.8, 4) is 5.69 Å². The van der Waals surface area contributed by atoms with E-state index >= 15 is 0 Å². The number of urea groups is 1. The number of nitrogens with zero attached hydrogens (tertiary/aromatic N) is 2. The molecule has 1 aliphatic carbocycles. The maximum Gasteiger partial charge on any atom is 0.321 e. The molecule has 1 fully saturated rings. The summed E-state index contributed by atoms with van der Waals surface area (Å²) in [4.78, 5) is 44.3. The summed E-state index contributed by atoms with van der Waals surface area (Å²) < 4.78 is 1.59. The van der Waals surface area contributed by atoms with E-state index in [9.17, 15) is 14.4 Å². The molecule has 1 saturated carbocycles. The number of rotatable bonds is 6. The van der Waals surface area contributed by atoms with Gasteiger partial charge in [-0.2, -0.15) is 0 Å². The molecule has 0 unspecified atom stereocenters. The highest BCUT2D eigenvalue weighted by Gasteiger charge is 2.24. The van der Waals surface area contributed by atoms with E-state index in [0.717, 1.165) is 52.6 Å². The Morgan fingerprint density at radius 1 is 1.22 bits per heavy atom. The van der Waals surface area contributed by atoms with E-state index in [1.165, 1.54) is 11.3 Å². The number of carbonyl (C=O) groups is 2. The van der Waals surface area contributed by atoms with Crippen LogP contribution in [0, 0.1) is 20.8 Å². The number of imide groups is 1. The molecule has 0 atom stereocenters. The summed E-state index contributed by atoms with van der Waals surface area (Å²) >= 11 is 2.65. The molecule has 168 valence electrons. The molecular weight excluding hydrogens is 444 g/mol. The molecule has 0 bridgehead atoms. The zero-order valence-electron chi connectivity index (χ0n) is 18.6. The van der Waals surface area contributed by atoms with Gasteiger partial charge in [-0.05, 0) is 68.9 Å². The molecule has 0 aliphatic heterocycles. The minimum Gasteiger partial charge on any atom is -0.335 e. The van der Waals surface area contributed by atoms with Crippen LogP contribution in [0.1, 0.15) is 41.3 Å². The van der Waals surface area contributed by atoms with E-state index < -0.39 is 11.9 Å². The Balaban J connectivity index is 1.71. The molecule has 3 amide bonds. The van der Waals surface area contributed by atoms with Crippen molar-refractivity contribution in [2.75, 3.05) is 5.75 Å². The highest BCUT2D eigenvalue weighted by molar-refractivity contribution is 7.99. The van der Waals surface area contributed by atoms with Crippen LogP contribution in [-0.2, 0) is 11.2 Å². The third-order valence-electron chi connectivity index (χ3n) is 5.60. The summed E-state index contributed by atoms with van der Waals surface area (Å²) in [5.74, 6) is -0.447. The smallest absolute Gasteiger partial charge is 0.321 e. The Hall–Kier alpha value is -2.65. The first-order valence-electron chi connectivity index (χ1n) is 10.6. The van der Waals surface area contributed by atoms with Crippen LogP contribution >= 0.6 is 23.1 Å². The Kier molecular flexibility index (Phi) is 6.39. The van der Waals surface area contributed by atoms with Crippen LogP contribution in [0.15, 0.2) is 28.2 Å². The van der Waals surface area contributed by atoms with E-state index in [4.69, 9.17) is 4.98 Å². The first-order chi connectivity index (χ1) is 15.3. The Bertz CT molecular complexity index is 1270. The van der Waals surface area contributed by atoms with E-state index in [0.29, 0.717) is 21.1 Å². The molecule has 2 N–H and O–H groups in total. The van der Waals surface area contributed by atoms with Crippen LogP contribution in [0.5, 0.6) is 0 Å². The van der Waals surface area contributed by atoms with Gasteiger partial charge in [0.2, 0.25) is 5.91 Å². The fourth-order valence-corrected chi connectivity index (χ4v) is 5.52. The molecule has 0 spiro atoms. The van der Waals surface area contributed by atoms with Gasteiger partial charge in [0.05, 0.1) is 16.8 Å². The molecule has 0 radical (unpaired) electrons. The van der Waals surface area contributed by atoms with E-state index in [2.05, 4.69) is 10.6 Å². The summed E-state index contributed by atoms with van der Waals surface area (Å²) in [6, 6.07) is 5.53. The molecular formula is C23H26N4O3S2. The molecule has 7 nitrogen and oxygen atoms in total. The molecule has 3 aromatic rings. The molecule has 9 heteroatoms. The van der Waals surface area contributed by atoms with Crippen LogP contribution in [0.2, 0.25) is 0 Å². The average Bonchev–Trinajstić information content (AvgIpc) is 3.48. The molecule has 2 aromatic heterocycles. The minimum atomic E-state index is -0.477. The van der Waals surface area contributed by atoms with Crippen LogP contribution in [-0.4, -0.2) is 33.3 Å².